The molecule has 0 saturated heterocycles. The van der Waals surface area contributed by atoms with Gasteiger partial charge in [0.1, 0.15) is 5.82 Å². The standard InChI is InChI=1S/C21H22FNO3/c1-14(2)20(16-9-11-18(22)12-10-16)23-19(24)13-6-15-4-7-17(8-5-15)21(25)26-3/h4-14,20H,1-3H3,(H,23,24)/b13-6+/t20-/m0/s1. The van der Waals surface area contributed by atoms with Crippen molar-refractivity contribution in [2.45, 2.75) is 19.9 Å². The molecular formula is C21H22FNO3. The zero-order valence-electron chi connectivity index (χ0n) is 15.0. The van der Waals surface area contributed by atoms with E-state index in [9.17, 15) is 14.0 Å². The van der Waals surface area contributed by atoms with Crippen LogP contribution < -0.4 is 5.32 Å². The van der Waals surface area contributed by atoms with Gasteiger partial charge in [-0.2, -0.15) is 0 Å². The summed E-state index contributed by atoms with van der Waals surface area (Å²) in [5.74, 6) is -0.808. The molecule has 2 rings (SSSR count). The first kappa shape index (κ1) is 19.4. The maximum absolute atomic E-state index is 13.1. The second-order valence-corrected chi connectivity index (χ2v) is 6.23. The van der Waals surface area contributed by atoms with Crippen LogP contribution in [0.1, 0.15) is 41.4 Å². The molecule has 0 unspecified atom stereocenters. The van der Waals surface area contributed by atoms with E-state index < -0.39 is 5.97 Å². The van der Waals surface area contributed by atoms with Crippen molar-refractivity contribution in [3.05, 3.63) is 77.1 Å². The third-order valence-corrected chi connectivity index (χ3v) is 3.95. The van der Waals surface area contributed by atoms with E-state index in [-0.39, 0.29) is 23.7 Å². The van der Waals surface area contributed by atoms with E-state index in [1.807, 2.05) is 13.8 Å². The van der Waals surface area contributed by atoms with Gasteiger partial charge in [-0.05, 0) is 47.4 Å². The summed E-state index contributed by atoms with van der Waals surface area (Å²) in [5.41, 5.74) is 2.09. The molecule has 1 N–H and O–H groups in total. The molecule has 26 heavy (non-hydrogen) atoms. The average Bonchev–Trinajstić information content (AvgIpc) is 2.65. The maximum Gasteiger partial charge on any atom is 0.337 e. The van der Waals surface area contributed by atoms with Gasteiger partial charge in [0.05, 0.1) is 18.7 Å². The Hall–Kier alpha value is -2.95. The summed E-state index contributed by atoms with van der Waals surface area (Å²) in [7, 11) is 1.33. The van der Waals surface area contributed by atoms with Crippen LogP contribution in [0.4, 0.5) is 4.39 Å². The molecule has 0 bridgehead atoms. The lowest BCUT2D eigenvalue weighted by Crippen LogP contribution is -2.30. The van der Waals surface area contributed by atoms with Gasteiger partial charge >= 0.3 is 5.97 Å². The third-order valence-electron chi connectivity index (χ3n) is 3.95. The first-order valence-corrected chi connectivity index (χ1v) is 8.33. The topological polar surface area (TPSA) is 55.4 Å². The Kier molecular flexibility index (Phi) is 6.67. The Morgan fingerprint density at radius 1 is 1.04 bits per heavy atom. The Bertz CT molecular complexity index is 780. The molecule has 2 aromatic rings. The quantitative estimate of drug-likeness (QED) is 0.626. The predicted octanol–water partition coefficient (Wildman–Crippen LogP) is 4.14. The third kappa shape index (κ3) is 5.28. The van der Waals surface area contributed by atoms with Gasteiger partial charge in [0.2, 0.25) is 5.91 Å². The highest BCUT2D eigenvalue weighted by atomic mass is 19.1. The fraction of sp³-hybridized carbons (Fsp3) is 0.238. The Balaban J connectivity index is 2.04. The second-order valence-electron chi connectivity index (χ2n) is 6.23. The van der Waals surface area contributed by atoms with E-state index >= 15 is 0 Å². The molecule has 0 aliphatic carbocycles. The molecule has 0 heterocycles. The molecule has 0 radical (unpaired) electrons. The number of rotatable bonds is 6. The molecule has 0 aliphatic heterocycles. The van der Waals surface area contributed by atoms with E-state index in [0.29, 0.717) is 5.56 Å². The minimum Gasteiger partial charge on any atom is -0.465 e. The number of hydrogen-bond donors (Lipinski definition) is 1. The van der Waals surface area contributed by atoms with Gasteiger partial charge in [-0.3, -0.25) is 4.79 Å². The van der Waals surface area contributed by atoms with Crippen LogP contribution in [0.15, 0.2) is 54.6 Å². The van der Waals surface area contributed by atoms with Crippen LogP contribution in [0.25, 0.3) is 6.08 Å². The summed E-state index contributed by atoms with van der Waals surface area (Å²) in [6, 6.07) is 12.6. The zero-order chi connectivity index (χ0) is 19.1. The second kappa shape index (κ2) is 8.94. The Labute approximate surface area is 152 Å². The fourth-order valence-electron chi connectivity index (χ4n) is 2.53. The van der Waals surface area contributed by atoms with Gasteiger partial charge in [-0.25, -0.2) is 9.18 Å². The summed E-state index contributed by atoms with van der Waals surface area (Å²) in [5, 5.41) is 2.94. The molecule has 1 amide bonds. The number of ether oxygens (including phenoxy) is 1. The monoisotopic (exact) mass is 355 g/mol. The van der Waals surface area contributed by atoms with Gasteiger partial charge in [0.15, 0.2) is 0 Å². The molecule has 4 nitrogen and oxygen atoms in total. The molecule has 136 valence electrons. The molecular weight excluding hydrogens is 333 g/mol. The summed E-state index contributed by atoms with van der Waals surface area (Å²) in [4.78, 5) is 23.7. The normalized spacial score (nSPS) is 12.2. The highest BCUT2D eigenvalue weighted by Gasteiger charge is 2.17. The summed E-state index contributed by atoms with van der Waals surface area (Å²) in [6.45, 7) is 3.98. The van der Waals surface area contributed by atoms with Crippen LogP contribution in [0.3, 0.4) is 0 Å². The molecule has 0 spiro atoms. The van der Waals surface area contributed by atoms with E-state index in [1.54, 1.807) is 42.5 Å². The van der Waals surface area contributed by atoms with E-state index in [1.165, 1.54) is 25.3 Å². The van der Waals surface area contributed by atoms with Crippen LogP contribution in [0, 0.1) is 11.7 Å². The highest BCUT2D eigenvalue weighted by molar-refractivity contribution is 5.92. The highest BCUT2D eigenvalue weighted by Crippen LogP contribution is 2.22. The van der Waals surface area contributed by atoms with Crippen LogP contribution in [0.5, 0.6) is 0 Å². The van der Waals surface area contributed by atoms with E-state index in [2.05, 4.69) is 10.1 Å². The lowest BCUT2D eigenvalue weighted by Gasteiger charge is -2.22. The zero-order valence-corrected chi connectivity index (χ0v) is 15.0. The summed E-state index contributed by atoms with van der Waals surface area (Å²) < 4.78 is 17.7. The Morgan fingerprint density at radius 3 is 2.19 bits per heavy atom. The molecule has 5 heteroatoms. The van der Waals surface area contributed by atoms with Gasteiger partial charge in [0.25, 0.3) is 0 Å². The number of benzene rings is 2. The minimum absolute atomic E-state index is 0.150. The van der Waals surface area contributed by atoms with Crippen molar-refractivity contribution in [2.24, 2.45) is 5.92 Å². The molecule has 0 fully saturated rings. The molecule has 0 aromatic heterocycles. The SMILES string of the molecule is COC(=O)c1ccc(/C=C/C(=O)N[C@H](c2ccc(F)cc2)C(C)C)cc1. The van der Waals surface area contributed by atoms with Crippen molar-refractivity contribution in [3.8, 4) is 0 Å². The van der Waals surface area contributed by atoms with Crippen molar-refractivity contribution in [2.75, 3.05) is 7.11 Å². The molecule has 0 saturated carbocycles. The van der Waals surface area contributed by atoms with Gasteiger partial charge in [0, 0.05) is 6.08 Å². The number of carbonyl (C=O) groups excluding carboxylic acids is 2. The molecule has 1 atom stereocenters. The number of hydrogen-bond acceptors (Lipinski definition) is 3. The van der Waals surface area contributed by atoms with Gasteiger partial charge < -0.3 is 10.1 Å². The number of halogens is 1. The smallest absolute Gasteiger partial charge is 0.337 e. The van der Waals surface area contributed by atoms with Crippen molar-refractivity contribution >= 4 is 18.0 Å². The first-order chi connectivity index (χ1) is 12.4. The lowest BCUT2D eigenvalue weighted by molar-refractivity contribution is -0.117. The largest absolute Gasteiger partial charge is 0.465 e. The van der Waals surface area contributed by atoms with Crippen molar-refractivity contribution < 1.29 is 18.7 Å². The number of carbonyl (C=O) groups is 2. The van der Waals surface area contributed by atoms with Crippen molar-refractivity contribution in [1.29, 1.82) is 0 Å². The molecule has 0 aliphatic rings. The Morgan fingerprint density at radius 2 is 1.65 bits per heavy atom. The minimum atomic E-state index is -0.405. The number of amides is 1. The fourth-order valence-corrected chi connectivity index (χ4v) is 2.53. The predicted molar refractivity (Wildman–Crippen MR) is 98.9 cm³/mol. The van der Waals surface area contributed by atoms with E-state index in [0.717, 1.165) is 11.1 Å². The summed E-state index contributed by atoms with van der Waals surface area (Å²) >= 11 is 0. The van der Waals surface area contributed by atoms with Gasteiger partial charge in [-0.15, -0.1) is 0 Å². The van der Waals surface area contributed by atoms with Crippen molar-refractivity contribution in [3.63, 3.8) is 0 Å². The van der Waals surface area contributed by atoms with Crippen LogP contribution in [0.2, 0.25) is 0 Å². The maximum atomic E-state index is 13.1. The van der Waals surface area contributed by atoms with Crippen LogP contribution in [-0.2, 0) is 9.53 Å². The average molecular weight is 355 g/mol. The van der Waals surface area contributed by atoms with Crippen LogP contribution in [-0.4, -0.2) is 19.0 Å². The lowest BCUT2D eigenvalue weighted by atomic mass is 9.96. The number of nitrogens with one attached hydrogen (secondary N) is 1. The van der Waals surface area contributed by atoms with Gasteiger partial charge in [-0.1, -0.05) is 38.1 Å². The summed E-state index contributed by atoms with van der Waals surface area (Å²) in [6.07, 6.45) is 3.10. The first-order valence-electron chi connectivity index (χ1n) is 8.33. The van der Waals surface area contributed by atoms with Crippen molar-refractivity contribution in [1.82, 2.24) is 5.32 Å². The number of esters is 1. The number of methoxy groups -OCH3 is 1. The van der Waals surface area contributed by atoms with E-state index in [4.69, 9.17) is 0 Å². The molecule has 2 aromatic carbocycles. The van der Waals surface area contributed by atoms with Crippen LogP contribution >= 0.6 is 0 Å².